The first-order valence-corrected chi connectivity index (χ1v) is 6.74. The molecule has 0 aromatic carbocycles. The fourth-order valence-electron chi connectivity index (χ4n) is 2.25. The Morgan fingerprint density at radius 1 is 1.45 bits per heavy atom. The number of aliphatic hydroxyl groups is 2. The summed E-state index contributed by atoms with van der Waals surface area (Å²) in [5.74, 6) is 5.52. The second kappa shape index (κ2) is 7.04. The van der Waals surface area contributed by atoms with Gasteiger partial charge in [0, 0.05) is 24.7 Å². The van der Waals surface area contributed by atoms with Gasteiger partial charge >= 0.3 is 0 Å². The van der Waals surface area contributed by atoms with Crippen molar-refractivity contribution in [3.8, 4) is 11.8 Å². The van der Waals surface area contributed by atoms with E-state index in [2.05, 4.69) is 16.8 Å². The first-order chi connectivity index (χ1) is 9.76. The van der Waals surface area contributed by atoms with Crippen molar-refractivity contribution in [1.29, 1.82) is 0 Å². The van der Waals surface area contributed by atoms with Gasteiger partial charge in [0.1, 0.15) is 5.69 Å². The third-order valence-corrected chi connectivity index (χ3v) is 3.30. The molecule has 1 amide bonds. The van der Waals surface area contributed by atoms with Crippen LogP contribution in [-0.2, 0) is 0 Å². The van der Waals surface area contributed by atoms with E-state index in [9.17, 15) is 9.90 Å². The number of aliphatic hydroxyl groups excluding tert-OH is 2. The van der Waals surface area contributed by atoms with E-state index in [0.29, 0.717) is 18.7 Å². The minimum Gasteiger partial charge on any atom is -0.395 e. The van der Waals surface area contributed by atoms with Crippen molar-refractivity contribution < 1.29 is 15.0 Å². The molecule has 1 aromatic rings. The maximum Gasteiger partial charge on any atom is 0.272 e. The van der Waals surface area contributed by atoms with E-state index in [1.54, 1.807) is 23.2 Å². The highest BCUT2D eigenvalue weighted by Crippen LogP contribution is 2.19. The fourth-order valence-corrected chi connectivity index (χ4v) is 2.25. The summed E-state index contributed by atoms with van der Waals surface area (Å²) < 4.78 is 0. The minimum absolute atomic E-state index is 0.00351. The zero-order valence-corrected chi connectivity index (χ0v) is 11.2. The van der Waals surface area contributed by atoms with E-state index in [1.807, 2.05) is 0 Å². The van der Waals surface area contributed by atoms with Gasteiger partial charge in [0.25, 0.3) is 5.91 Å². The minimum atomic E-state index is -0.142. The van der Waals surface area contributed by atoms with E-state index < -0.39 is 0 Å². The Morgan fingerprint density at radius 3 is 2.95 bits per heavy atom. The predicted octanol–water partition coefficient (Wildman–Crippen LogP) is 0.412. The smallest absolute Gasteiger partial charge is 0.272 e. The van der Waals surface area contributed by atoms with Crippen molar-refractivity contribution >= 4 is 5.91 Å². The number of likely N-dealkylation sites (tertiary alicyclic amines) is 1. The van der Waals surface area contributed by atoms with Gasteiger partial charge in [0.2, 0.25) is 0 Å². The molecule has 2 rings (SSSR count). The van der Waals surface area contributed by atoms with Crippen molar-refractivity contribution in [3.63, 3.8) is 0 Å². The Hall–Kier alpha value is -1.90. The van der Waals surface area contributed by atoms with Crippen LogP contribution in [0.4, 0.5) is 0 Å². The number of hydrogen-bond acceptors (Lipinski definition) is 4. The summed E-state index contributed by atoms with van der Waals surface area (Å²) in [5, 5.41) is 17.9. The van der Waals surface area contributed by atoms with Crippen LogP contribution in [0.25, 0.3) is 0 Å². The molecule has 1 saturated heterocycles. The lowest BCUT2D eigenvalue weighted by atomic mass is 10.2. The lowest BCUT2D eigenvalue weighted by Crippen LogP contribution is -2.38. The first kappa shape index (κ1) is 14.5. The summed E-state index contributed by atoms with van der Waals surface area (Å²) in [6.45, 7) is 0.703. The molecule has 1 atom stereocenters. The molecule has 1 aliphatic rings. The molecule has 1 aliphatic heterocycles. The van der Waals surface area contributed by atoms with Crippen molar-refractivity contribution in [2.75, 3.05) is 19.8 Å². The average Bonchev–Trinajstić information content (AvgIpc) is 2.96. The number of rotatable bonds is 3. The van der Waals surface area contributed by atoms with Crippen molar-refractivity contribution in [3.05, 3.63) is 29.6 Å². The number of hydrogen-bond donors (Lipinski definition) is 2. The summed E-state index contributed by atoms with van der Waals surface area (Å²) in [4.78, 5) is 18.1. The normalized spacial score (nSPS) is 17.7. The molecule has 0 saturated carbocycles. The number of amides is 1. The maximum absolute atomic E-state index is 12.3. The van der Waals surface area contributed by atoms with Crippen LogP contribution in [0.3, 0.4) is 0 Å². The fraction of sp³-hybridized carbons (Fsp3) is 0.467. The van der Waals surface area contributed by atoms with E-state index in [-0.39, 0.29) is 25.2 Å². The second-order valence-corrected chi connectivity index (χ2v) is 4.68. The summed E-state index contributed by atoms with van der Waals surface area (Å²) in [6, 6.07) is 3.31. The molecular weight excluding hydrogens is 256 g/mol. The van der Waals surface area contributed by atoms with Crippen molar-refractivity contribution in [2.45, 2.75) is 25.3 Å². The zero-order chi connectivity index (χ0) is 14.4. The topological polar surface area (TPSA) is 73.7 Å². The van der Waals surface area contributed by atoms with Gasteiger partial charge in [-0.15, -0.1) is 0 Å². The van der Waals surface area contributed by atoms with Crippen LogP contribution in [0, 0.1) is 11.8 Å². The average molecular weight is 274 g/mol. The Labute approximate surface area is 118 Å². The molecule has 0 radical (unpaired) electrons. The molecule has 0 aliphatic carbocycles. The molecule has 5 nitrogen and oxygen atoms in total. The summed E-state index contributed by atoms with van der Waals surface area (Å²) in [7, 11) is 0. The molecule has 0 spiro atoms. The highest BCUT2D eigenvalue weighted by atomic mass is 16.3. The molecule has 2 heterocycles. The largest absolute Gasteiger partial charge is 0.395 e. The van der Waals surface area contributed by atoms with Gasteiger partial charge in [-0.1, -0.05) is 11.8 Å². The molecule has 1 fully saturated rings. The van der Waals surface area contributed by atoms with Gasteiger partial charge in [-0.25, -0.2) is 4.98 Å². The molecule has 5 heteroatoms. The molecule has 2 N–H and O–H groups in total. The van der Waals surface area contributed by atoms with E-state index in [1.165, 1.54) is 0 Å². The summed E-state index contributed by atoms with van der Waals surface area (Å²) in [5.41, 5.74) is 1.09. The van der Waals surface area contributed by atoms with Crippen molar-refractivity contribution in [1.82, 2.24) is 9.88 Å². The van der Waals surface area contributed by atoms with Crippen LogP contribution in [0.1, 0.15) is 35.3 Å². The standard InChI is InChI=1S/C15H18N2O3/c18-9-2-1-4-12-6-7-14(16-10-12)15(20)17-8-3-5-13(17)11-19/h6-7,10,13,18-19H,2-3,5,8-9,11H2. The third-order valence-electron chi connectivity index (χ3n) is 3.30. The molecule has 106 valence electrons. The maximum atomic E-state index is 12.3. The zero-order valence-electron chi connectivity index (χ0n) is 11.2. The molecule has 1 aromatic heterocycles. The van der Waals surface area contributed by atoms with Crippen molar-refractivity contribution in [2.24, 2.45) is 0 Å². The van der Waals surface area contributed by atoms with Gasteiger partial charge in [-0.2, -0.15) is 0 Å². The molecule has 1 unspecified atom stereocenters. The number of carbonyl (C=O) groups excluding carboxylic acids is 1. The van der Waals surface area contributed by atoms with Crippen LogP contribution < -0.4 is 0 Å². The Bertz CT molecular complexity index is 516. The molecular formula is C15H18N2O3. The molecule has 20 heavy (non-hydrogen) atoms. The van der Waals surface area contributed by atoms with Crippen LogP contribution >= 0.6 is 0 Å². The lowest BCUT2D eigenvalue weighted by molar-refractivity contribution is 0.0672. The number of aromatic nitrogens is 1. The SMILES string of the molecule is O=C(c1ccc(C#CCCO)cn1)N1CCCC1CO. The van der Waals surface area contributed by atoms with Crippen LogP contribution in [0.2, 0.25) is 0 Å². The summed E-state index contributed by atoms with van der Waals surface area (Å²) in [6.07, 6.45) is 3.74. The van der Waals surface area contributed by atoms with Gasteiger partial charge in [0.15, 0.2) is 0 Å². The monoisotopic (exact) mass is 274 g/mol. The van der Waals surface area contributed by atoms with E-state index in [4.69, 9.17) is 5.11 Å². The highest BCUT2D eigenvalue weighted by Gasteiger charge is 2.29. The summed E-state index contributed by atoms with van der Waals surface area (Å²) >= 11 is 0. The molecule has 0 bridgehead atoms. The number of pyridine rings is 1. The Morgan fingerprint density at radius 2 is 2.30 bits per heavy atom. The predicted molar refractivity (Wildman–Crippen MR) is 74.0 cm³/mol. The Balaban J connectivity index is 2.06. The second-order valence-electron chi connectivity index (χ2n) is 4.68. The van der Waals surface area contributed by atoms with E-state index >= 15 is 0 Å². The van der Waals surface area contributed by atoms with Crippen LogP contribution in [-0.4, -0.2) is 51.8 Å². The van der Waals surface area contributed by atoms with Crippen LogP contribution in [0.15, 0.2) is 18.3 Å². The third kappa shape index (κ3) is 3.35. The first-order valence-electron chi connectivity index (χ1n) is 6.74. The Kier molecular flexibility index (Phi) is 5.10. The van der Waals surface area contributed by atoms with Crippen LogP contribution in [0.5, 0.6) is 0 Å². The van der Waals surface area contributed by atoms with Gasteiger partial charge in [-0.05, 0) is 25.0 Å². The number of nitrogens with zero attached hydrogens (tertiary/aromatic N) is 2. The van der Waals surface area contributed by atoms with Gasteiger partial charge < -0.3 is 15.1 Å². The quantitative estimate of drug-likeness (QED) is 0.783. The highest BCUT2D eigenvalue weighted by molar-refractivity contribution is 5.92. The van der Waals surface area contributed by atoms with Gasteiger partial charge in [0.05, 0.1) is 19.3 Å². The number of carbonyl (C=O) groups is 1. The lowest BCUT2D eigenvalue weighted by Gasteiger charge is -2.22. The van der Waals surface area contributed by atoms with E-state index in [0.717, 1.165) is 18.4 Å². The van der Waals surface area contributed by atoms with Gasteiger partial charge in [-0.3, -0.25) is 4.79 Å².